The van der Waals surface area contributed by atoms with E-state index in [0.717, 1.165) is 11.3 Å². The third-order valence-electron chi connectivity index (χ3n) is 4.13. The summed E-state index contributed by atoms with van der Waals surface area (Å²) in [5.41, 5.74) is 2.87. The number of carbonyl (C=O) groups excluding carboxylic acids is 1. The zero-order valence-corrected chi connectivity index (χ0v) is 16.9. The number of thiophene rings is 1. The highest BCUT2D eigenvalue weighted by molar-refractivity contribution is 7.15. The first-order valence-corrected chi connectivity index (χ1v) is 10.3. The third-order valence-corrected chi connectivity index (χ3v) is 5.94. The van der Waals surface area contributed by atoms with Crippen LogP contribution in [0.15, 0.2) is 52.0 Å². The summed E-state index contributed by atoms with van der Waals surface area (Å²) in [4.78, 5) is 30.4. The maximum Gasteiger partial charge on any atom is 0.265 e. The quantitative estimate of drug-likeness (QED) is 0.532. The predicted octanol–water partition coefficient (Wildman–Crippen LogP) is 4.27. The van der Waals surface area contributed by atoms with E-state index in [0.29, 0.717) is 27.0 Å². The summed E-state index contributed by atoms with van der Waals surface area (Å²) >= 11 is 2.79. The van der Waals surface area contributed by atoms with E-state index in [1.165, 1.54) is 28.7 Å². The second-order valence-corrected chi connectivity index (χ2v) is 8.08. The fourth-order valence-electron chi connectivity index (χ4n) is 2.79. The molecule has 142 valence electrons. The molecule has 4 aromatic rings. The zero-order valence-electron chi connectivity index (χ0n) is 15.3. The molecule has 0 fully saturated rings. The summed E-state index contributed by atoms with van der Waals surface area (Å²) in [5.74, 6) is 0.345. The van der Waals surface area contributed by atoms with Crippen molar-refractivity contribution < 1.29 is 9.53 Å². The molecule has 4 rings (SSSR count). The lowest BCUT2D eigenvalue weighted by atomic mass is 10.2. The Kier molecular flexibility index (Phi) is 4.97. The van der Waals surface area contributed by atoms with E-state index in [1.54, 1.807) is 16.5 Å². The lowest BCUT2D eigenvalue weighted by Gasteiger charge is -2.13. The first-order chi connectivity index (χ1) is 13.5. The number of ether oxygens (including phenoxy) is 1. The van der Waals surface area contributed by atoms with Crippen molar-refractivity contribution in [2.24, 2.45) is 0 Å². The van der Waals surface area contributed by atoms with E-state index in [1.807, 2.05) is 42.8 Å². The second-order valence-electron chi connectivity index (χ2n) is 6.30. The Bertz CT molecular complexity index is 1210. The molecular weight excluding hydrogens is 394 g/mol. The van der Waals surface area contributed by atoms with Crippen molar-refractivity contribution in [2.45, 2.75) is 20.5 Å². The molecule has 0 spiro atoms. The van der Waals surface area contributed by atoms with Gasteiger partial charge in [-0.2, -0.15) is 0 Å². The minimum absolute atomic E-state index is 0.127. The van der Waals surface area contributed by atoms with Crippen molar-refractivity contribution in [2.75, 3.05) is 5.32 Å². The molecule has 0 atom stereocenters. The summed E-state index contributed by atoms with van der Waals surface area (Å²) in [5, 5.41) is 6.65. The lowest BCUT2D eigenvalue weighted by molar-refractivity contribution is 0.103. The van der Waals surface area contributed by atoms with Crippen LogP contribution in [0.25, 0.3) is 4.96 Å². The van der Waals surface area contributed by atoms with Crippen LogP contribution in [0.2, 0.25) is 0 Å². The zero-order chi connectivity index (χ0) is 19.7. The van der Waals surface area contributed by atoms with Crippen LogP contribution in [0.4, 0.5) is 5.69 Å². The molecule has 0 bridgehead atoms. The Labute approximate surface area is 169 Å². The van der Waals surface area contributed by atoms with Crippen LogP contribution in [0.5, 0.6) is 5.75 Å². The summed E-state index contributed by atoms with van der Waals surface area (Å²) in [6.45, 7) is 3.95. The number of nitrogens with zero attached hydrogens (tertiary/aromatic N) is 2. The minimum Gasteiger partial charge on any atom is -0.485 e. The number of fused-ring (bicyclic) bond motifs is 1. The molecule has 0 saturated heterocycles. The van der Waals surface area contributed by atoms with Crippen LogP contribution < -0.4 is 15.6 Å². The molecule has 0 unspecified atom stereocenters. The Balaban J connectivity index is 1.56. The smallest absolute Gasteiger partial charge is 0.265 e. The van der Waals surface area contributed by atoms with Crippen LogP contribution in [-0.2, 0) is 6.61 Å². The van der Waals surface area contributed by atoms with Gasteiger partial charge in [-0.05, 0) is 43.0 Å². The molecule has 1 N–H and O–H groups in total. The van der Waals surface area contributed by atoms with E-state index in [4.69, 9.17) is 4.74 Å². The molecule has 0 aliphatic carbocycles. The molecule has 6 nitrogen and oxygen atoms in total. The topological polar surface area (TPSA) is 72.7 Å². The second kappa shape index (κ2) is 7.57. The van der Waals surface area contributed by atoms with Crippen molar-refractivity contribution in [3.8, 4) is 5.75 Å². The fourth-order valence-corrected chi connectivity index (χ4v) is 4.30. The fraction of sp³-hybridized carbons (Fsp3) is 0.150. The highest BCUT2D eigenvalue weighted by Gasteiger charge is 2.13. The highest BCUT2D eigenvalue weighted by atomic mass is 32.1. The van der Waals surface area contributed by atoms with E-state index in [-0.39, 0.29) is 18.1 Å². The SMILES string of the molecule is Cc1ccc(OCc2cc(=O)n3c(C)csc3n2)c(NC(=O)c2cccs2)c1. The molecular formula is C20H17N3O3S2. The molecule has 0 aliphatic heterocycles. The molecule has 1 aromatic carbocycles. The molecule has 0 aliphatic rings. The van der Waals surface area contributed by atoms with Gasteiger partial charge in [0.1, 0.15) is 12.4 Å². The van der Waals surface area contributed by atoms with Crippen LogP contribution in [0.1, 0.15) is 26.6 Å². The summed E-state index contributed by atoms with van der Waals surface area (Å²) in [6, 6.07) is 10.6. The van der Waals surface area contributed by atoms with Gasteiger partial charge in [-0.1, -0.05) is 12.1 Å². The predicted molar refractivity (Wildman–Crippen MR) is 112 cm³/mol. The lowest BCUT2D eigenvalue weighted by Crippen LogP contribution is -2.16. The van der Waals surface area contributed by atoms with Crippen LogP contribution in [0.3, 0.4) is 0 Å². The number of aromatic nitrogens is 2. The van der Waals surface area contributed by atoms with Crippen LogP contribution in [-0.4, -0.2) is 15.3 Å². The number of anilines is 1. The number of hydrogen-bond donors (Lipinski definition) is 1. The number of benzene rings is 1. The monoisotopic (exact) mass is 411 g/mol. The van der Waals surface area contributed by atoms with Gasteiger partial charge in [0.2, 0.25) is 0 Å². The molecule has 3 heterocycles. The van der Waals surface area contributed by atoms with Crippen molar-refractivity contribution in [3.63, 3.8) is 0 Å². The number of rotatable bonds is 5. The first-order valence-electron chi connectivity index (χ1n) is 8.56. The maximum absolute atomic E-state index is 12.4. The van der Waals surface area contributed by atoms with E-state index < -0.39 is 0 Å². The van der Waals surface area contributed by atoms with Gasteiger partial charge in [-0.25, -0.2) is 4.98 Å². The average Bonchev–Trinajstić information content (AvgIpc) is 3.31. The number of amides is 1. The Morgan fingerprint density at radius 2 is 2.07 bits per heavy atom. The summed E-state index contributed by atoms with van der Waals surface area (Å²) in [6.07, 6.45) is 0. The van der Waals surface area contributed by atoms with Crippen molar-refractivity contribution in [1.29, 1.82) is 0 Å². The molecule has 1 amide bonds. The Morgan fingerprint density at radius 1 is 1.21 bits per heavy atom. The van der Waals surface area contributed by atoms with Gasteiger partial charge in [-0.3, -0.25) is 14.0 Å². The van der Waals surface area contributed by atoms with Gasteiger partial charge in [0.15, 0.2) is 4.96 Å². The largest absolute Gasteiger partial charge is 0.485 e. The molecule has 0 saturated carbocycles. The number of thiazole rings is 1. The number of aryl methyl sites for hydroxylation is 2. The molecule has 8 heteroatoms. The third kappa shape index (κ3) is 3.69. The number of carbonyl (C=O) groups is 1. The van der Waals surface area contributed by atoms with E-state index in [9.17, 15) is 9.59 Å². The van der Waals surface area contributed by atoms with Crippen molar-refractivity contribution in [3.05, 3.63) is 79.3 Å². The standard InChI is InChI=1S/C20H17N3O3S2/c1-12-5-6-16(15(8-12)22-19(25)17-4-3-7-27-17)26-10-14-9-18(24)23-13(2)11-28-20(23)21-14/h3-9,11H,10H2,1-2H3,(H,22,25). The molecule has 3 aromatic heterocycles. The van der Waals surface area contributed by atoms with Gasteiger partial charge >= 0.3 is 0 Å². The summed E-state index contributed by atoms with van der Waals surface area (Å²) < 4.78 is 7.47. The number of hydrogen-bond acceptors (Lipinski definition) is 6. The average molecular weight is 412 g/mol. The van der Waals surface area contributed by atoms with Crippen molar-refractivity contribution in [1.82, 2.24) is 9.38 Å². The Morgan fingerprint density at radius 3 is 2.86 bits per heavy atom. The molecule has 28 heavy (non-hydrogen) atoms. The first kappa shape index (κ1) is 18.4. The minimum atomic E-state index is -0.183. The highest BCUT2D eigenvalue weighted by Crippen LogP contribution is 2.27. The van der Waals surface area contributed by atoms with Gasteiger partial charge < -0.3 is 10.1 Å². The van der Waals surface area contributed by atoms with Gasteiger partial charge in [-0.15, -0.1) is 22.7 Å². The summed E-state index contributed by atoms with van der Waals surface area (Å²) in [7, 11) is 0. The van der Waals surface area contributed by atoms with E-state index >= 15 is 0 Å². The van der Waals surface area contributed by atoms with Gasteiger partial charge in [0.25, 0.3) is 11.5 Å². The van der Waals surface area contributed by atoms with Crippen molar-refractivity contribution >= 4 is 39.2 Å². The van der Waals surface area contributed by atoms with Gasteiger partial charge in [0.05, 0.1) is 16.3 Å². The van der Waals surface area contributed by atoms with E-state index in [2.05, 4.69) is 10.3 Å². The van der Waals surface area contributed by atoms with Crippen LogP contribution >= 0.6 is 22.7 Å². The molecule has 0 radical (unpaired) electrons. The van der Waals surface area contributed by atoms with Crippen LogP contribution in [0, 0.1) is 13.8 Å². The Hall–Kier alpha value is -2.97. The number of nitrogens with one attached hydrogen (secondary N) is 1. The normalized spacial score (nSPS) is 10.9. The van der Waals surface area contributed by atoms with Gasteiger partial charge in [0, 0.05) is 17.1 Å². The maximum atomic E-state index is 12.4.